The summed E-state index contributed by atoms with van der Waals surface area (Å²) in [6.07, 6.45) is 1.67. The van der Waals surface area contributed by atoms with Crippen LogP contribution >= 0.6 is 0 Å². The zero-order chi connectivity index (χ0) is 20.1. The molecule has 3 aromatic rings. The average molecular weight is 395 g/mol. The van der Waals surface area contributed by atoms with E-state index in [0.717, 1.165) is 11.3 Å². The molecule has 7 heteroatoms. The first-order valence-electron chi connectivity index (χ1n) is 8.72. The Kier molecular flexibility index (Phi) is 5.75. The molecule has 2 aromatic carbocycles. The van der Waals surface area contributed by atoms with E-state index >= 15 is 0 Å². The number of anilines is 1. The van der Waals surface area contributed by atoms with Crippen LogP contribution in [0.3, 0.4) is 0 Å². The highest BCUT2D eigenvalue weighted by Gasteiger charge is 2.22. The molecule has 3 rings (SSSR count). The highest BCUT2D eigenvalue weighted by molar-refractivity contribution is 7.92. The fourth-order valence-electron chi connectivity index (χ4n) is 2.70. The monoisotopic (exact) mass is 395 g/mol. The van der Waals surface area contributed by atoms with Crippen LogP contribution < -0.4 is 9.62 Å². The van der Waals surface area contributed by atoms with Crippen LogP contribution in [0.25, 0.3) is 0 Å². The van der Waals surface area contributed by atoms with Gasteiger partial charge in [-0.15, -0.1) is 0 Å². The minimum atomic E-state index is -3.78. The molecule has 144 valence electrons. The van der Waals surface area contributed by atoms with Crippen molar-refractivity contribution in [2.75, 3.05) is 11.4 Å². The molecule has 28 heavy (non-hydrogen) atoms. The number of sulfonamides is 1. The number of nitrogens with zero attached hydrogens (tertiary/aromatic N) is 2. The number of para-hydroxylation sites is 1. The lowest BCUT2D eigenvalue weighted by Gasteiger charge is -2.19. The number of aryl methyl sites for hydroxylation is 1. The number of benzene rings is 2. The van der Waals surface area contributed by atoms with Gasteiger partial charge >= 0.3 is 0 Å². The number of nitrogens with one attached hydrogen (secondary N) is 1. The molecule has 1 heterocycles. The third-order valence-electron chi connectivity index (χ3n) is 4.41. The number of carbonyl (C=O) groups is 1. The molecular weight excluding hydrogens is 374 g/mol. The molecule has 0 bridgehead atoms. The van der Waals surface area contributed by atoms with E-state index in [9.17, 15) is 13.2 Å². The summed E-state index contributed by atoms with van der Waals surface area (Å²) in [7, 11) is -2.29. The first-order valence-corrected chi connectivity index (χ1v) is 10.2. The topological polar surface area (TPSA) is 79.4 Å². The van der Waals surface area contributed by atoms with Crippen LogP contribution in [-0.4, -0.2) is 26.4 Å². The third kappa shape index (κ3) is 4.20. The van der Waals surface area contributed by atoms with Crippen molar-refractivity contribution in [2.24, 2.45) is 0 Å². The molecule has 1 aromatic heterocycles. The molecule has 6 nitrogen and oxygen atoms in total. The Balaban J connectivity index is 1.79. The Morgan fingerprint density at radius 2 is 1.79 bits per heavy atom. The highest BCUT2D eigenvalue weighted by Crippen LogP contribution is 2.22. The SMILES string of the molecule is Cc1cccnc1CNC(=O)c1cccc(S(=O)(=O)N(C)c2ccccc2)c1. The second kappa shape index (κ2) is 8.22. The van der Waals surface area contributed by atoms with E-state index in [1.165, 1.54) is 23.5 Å². The Bertz CT molecular complexity index is 1080. The van der Waals surface area contributed by atoms with Crippen molar-refractivity contribution in [3.05, 3.63) is 89.7 Å². The molecule has 1 N–H and O–H groups in total. The normalized spacial score (nSPS) is 11.1. The lowest BCUT2D eigenvalue weighted by Crippen LogP contribution is -2.27. The number of aromatic nitrogens is 1. The first kappa shape index (κ1) is 19.6. The zero-order valence-corrected chi connectivity index (χ0v) is 16.5. The average Bonchev–Trinajstić information content (AvgIpc) is 2.73. The Labute approximate surface area is 164 Å². The maximum absolute atomic E-state index is 12.9. The molecule has 1 amide bonds. The molecule has 0 aliphatic rings. The second-order valence-corrected chi connectivity index (χ2v) is 8.25. The van der Waals surface area contributed by atoms with Gasteiger partial charge in [-0.05, 0) is 48.9 Å². The van der Waals surface area contributed by atoms with E-state index in [-0.39, 0.29) is 22.9 Å². The van der Waals surface area contributed by atoms with Crippen LogP contribution in [0.2, 0.25) is 0 Å². The van der Waals surface area contributed by atoms with Crippen molar-refractivity contribution >= 4 is 21.6 Å². The molecule has 0 radical (unpaired) electrons. The van der Waals surface area contributed by atoms with E-state index in [1.54, 1.807) is 42.6 Å². The van der Waals surface area contributed by atoms with Crippen LogP contribution in [0.4, 0.5) is 5.69 Å². The van der Waals surface area contributed by atoms with Gasteiger partial charge in [0.05, 0.1) is 22.8 Å². The van der Waals surface area contributed by atoms with Crippen molar-refractivity contribution in [1.29, 1.82) is 0 Å². The molecule has 0 atom stereocenters. The van der Waals surface area contributed by atoms with Crippen LogP contribution in [0.5, 0.6) is 0 Å². The molecule has 0 fully saturated rings. The number of amides is 1. The lowest BCUT2D eigenvalue weighted by molar-refractivity contribution is 0.0950. The van der Waals surface area contributed by atoms with Crippen molar-refractivity contribution in [2.45, 2.75) is 18.4 Å². The van der Waals surface area contributed by atoms with Crippen molar-refractivity contribution in [3.63, 3.8) is 0 Å². The summed E-state index contributed by atoms with van der Waals surface area (Å²) in [4.78, 5) is 16.8. The fourth-order valence-corrected chi connectivity index (χ4v) is 3.94. The van der Waals surface area contributed by atoms with Crippen LogP contribution in [0, 0.1) is 6.92 Å². The fraction of sp³-hybridized carbons (Fsp3) is 0.143. The molecule has 0 aliphatic carbocycles. The molecule has 0 spiro atoms. The van der Waals surface area contributed by atoms with Gasteiger partial charge < -0.3 is 5.32 Å². The predicted molar refractivity (Wildman–Crippen MR) is 109 cm³/mol. The number of pyridine rings is 1. The van der Waals surface area contributed by atoms with E-state index in [0.29, 0.717) is 5.69 Å². The van der Waals surface area contributed by atoms with Gasteiger partial charge in [-0.25, -0.2) is 8.42 Å². The zero-order valence-electron chi connectivity index (χ0n) is 15.7. The van der Waals surface area contributed by atoms with Gasteiger partial charge in [-0.2, -0.15) is 0 Å². The van der Waals surface area contributed by atoms with Crippen LogP contribution in [0.15, 0.2) is 77.8 Å². The van der Waals surface area contributed by atoms with E-state index in [4.69, 9.17) is 0 Å². The smallest absolute Gasteiger partial charge is 0.264 e. The molecule has 0 unspecified atom stereocenters. The third-order valence-corrected chi connectivity index (χ3v) is 6.19. The van der Waals surface area contributed by atoms with E-state index < -0.39 is 10.0 Å². The van der Waals surface area contributed by atoms with Crippen molar-refractivity contribution in [3.8, 4) is 0 Å². The van der Waals surface area contributed by atoms with Crippen molar-refractivity contribution in [1.82, 2.24) is 10.3 Å². The highest BCUT2D eigenvalue weighted by atomic mass is 32.2. The van der Waals surface area contributed by atoms with E-state index in [2.05, 4.69) is 10.3 Å². The number of rotatable bonds is 6. The maximum atomic E-state index is 12.9. The van der Waals surface area contributed by atoms with Crippen LogP contribution in [-0.2, 0) is 16.6 Å². The Hall–Kier alpha value is -3.19. The largest absolute Gasteiger partial charge is 0.346 e. The number of hydrogen-bond acceptors (Lipinski definition) is 4. The summed E-state index contributed by atoms with van der Waals surface area (Å²) < 4.78 is 27.0. The standard InChI is InChI=1S/C21H21N3O3S/c1-16-8-7-13-22-20(16)15-23-21(25)17-9-6-12-19(14-17)28(26,27)24(2)18-10-4-3-5-11-18/h3-14H,15H2,1-2H3,(H,23,25). The van der Waals surface area contributed by atoms with E-state index in [1.807, 2.05) is 25.1 Å². The summed E-state index contributed by atoms with van der Waals surface area (Å²) in [6, 6.07) is 18.5. The quantitative estimate of drug-likeness (QED) is 0.695. The van der Waals surface area contributed by atoms with Gasteiger partial charge in [0, 0.05) is 18.8 Å². The second-order valence-electron chi connectivity index (χ2n) is 6.29. The van der Waals surface area contributed by atoms with Crippen molar-refractivity contribution < 1.29 is 13.2 Å². The van der Waals surface area contributed by atoms with Gasteiger partial charge in [0.2, 0.25) is 0 Å². The first-order chi connectivity index (χ1) is 13.4. The van der Waals surface area contributed by atoms with Gasteiger partial charge in [0.15, 0.2) is 0 Å². The van der Waals surface area contributed by atoms with Gasteiger partial charge in [0.25, 0.3) is 15.9 Å². The summed E-state index contributed by atoms with van der Waals surface area (Å²) in [5, 5.41) is 2.79. The Morgan fingerprint density at radius 1 is 1.04 bits per heavy atom. The minimum absolute atomic E-state index is 0.0560. The summed E-state index contributed by atoms with van der Waals surface area (Å²) in [5.41, 5.74) is 2.56. The maximum Gasteiger partial charge on any atom is 0.264 e. The minimum Gasteiger partial charge on any atom is -0.346 e. The Morgan fingerprint density at radius 3 is 2.50 bits per heavy atom. The summed E-state index contributed by atoms with van der Waals surface area (Å²) in [5.74, 6) is -0.357. The predicted octanol–water partition coefficient (Wildman–Crippen LogP) is 3.15. The molecule has 0 aliphatic heterocycles. The molecular formula is C21H21N3O3S. The number of carbonyl (C=O) groups excluding carboxylic acids is 1. The van der Waals surface area contributed by atoms with Gasteiger partial charge in [0.1, 0.15) is 0 Å². The van der Waals surface area contributed by atoms with Crippen LogP contribution in [0.1, 0.15) is 21.6 Å². The van der Waals surface area contributed by atoms with Gasteiger partial charge in [-0.1, -0.05) is 30.3 Å². The summed E-state index contributed by atoms with van der Waals surface area (Å²) in [6.45, 7) is 2.19. The molecule has 0 saturated carbocycles. The van der Waals surface area contributed by atoms with Gasteiger partial charge in [-0.3, -0.25) is 14.1 Å². The molecule has 0 saturated heterocycles. The summed E-state index contributed by atoms with van der Waals surface area (Å²) >= 11 is 0. The lowest BCUT2D eigenvalue weighted by atomic mass is 10.2. The number of hydrogen-bond donors (Lipinski definition) is 1.